The van der Waals surface area contributed by atoms with Crippen LogP contribution in [0.15, 0.2) is 0 Å². The molecule has 0 heterocycles. The Morgan fingerprint density at radius 3 is 1.60 bits per heavy atom. The molecular formula is C27H40F8O10. The summed E-state index contributed by atoms with van der Waals surface area (Å²) < 4.78 is 126. The number of carbonyl (C=O) groups excluding carboxylic acids is 4. The zero-order valence-corrected chi connectivity index (χ0v) is 25.1. The molecule has 0 aromatic rings. The van der Waals surface area contributed by atoms with Crippen molar-refractivity contribution in [3.8, 4) is 0 Å². The van der Waals surface area contributed by atoms with E-state index in [4.69, 9.17) is 24.4 Å². The van der Waals surface area contributed by atoms with Gasteiger partial charge in [-0.15, -0.1) is 0 Å². The quantitative estimate of drug-likeness (QED) is 0.0700. The lowest BCUT2D eigenvalue weighted by Gasteiger charge is -2.32. The first-order chi connectivity index (χ1) is 20.8. The number of ether oxygens (including phenoxy) is 4. The summed E-state index contributed by atoms with van der Waals surface area (Å²) in [6.07, 6.45) is -5.98. The molecular weight excluding hydrogens is 636 g/mol. The number of unbranched alkanes of at least 4 members (excludes halogenated alkanes) is 1. The maximum atomic E-state index is 14.1. The minimum atomic E-state index is -6.65. The Labute approximate surface area is 254 Å². The summed E-state index contributed by atoms with van der Waals surface area (Å²) in [7, 11) is 0. The molecule has 0 fully saturated rings. The summed E-state index contributed by atoms with van der Waals surface area (Å²) in [5, 5.41) is 17.8. The highest BCUT2D eigenvalue weighted by atomic mass is 19.4. The number of hydrogen-bond acceptors (Lipinski definition) is 10. The Morgan fingerprint density at radius 1 is 0.667 bits per heavy atom. The van der Waals surface area contributed by atoms with Crippen LogP contribution in [0.4, 0.5) is 35.1 Å². The van der Waals surface area contributed by atoms with Crippen molar-refractivity contribution >= 4 is 23.9 Å². The minimum absolute atomic E-state index is 0.0710. The fourth-order valence-electron chi connectivity index (χ4n) is 3.96. The van der Waals surface area contributed by atoms with Crippen LogP contribution in [0, 0.1) is 23.7 Å². The molecule has 2 N–H and O–H groups in total. The summed E-state index contributed by atoms with van der Waals surface area (Å²) >= 11 is 0. The van der Waals surface area contributed by atoms with Crippen LogP contribution in [0.3, 0.4) is 0 Å². The first-order valence-electron chi connectivity index (χ1n) is 14.1. The Morgan fingerprint density at radius 2 is 1.11 bits per heavy atom. The third-order valence-electron chi connectivity index (χ3n) is 6.63. The van der Waals surface area contributed by atoms with Crippen molar-refractivity contribution < 1.29 is 83.5 Å². The fraction of sp³-hybridized carbons (Fsp3) is 0.852. The molecule has 0 saturated carbocycles. The smallest absolute Gasteiger partial charge is 0.381 e. The lowest BCUT2D eigenvalue weighted by atomic mass is 9.82. The molecule has 0 aliphatic carbocycles. The molecule has 45 heavy (non-hydrogen) atoms. The molecule has 0 aromatic carbocycles. The number of esters is 4. The molecule has 0 bridgehead atoms. The van der Waals surface area contributed by atoms with Crippen molar-refractivity contribution in [3.05, 3.63) is 0 Å². The van der Waals surface area contributed by atoms with Crippen LogP contribution in [0.2, 0.25) is 0 Å². The van der Waals surface area contributed by atoms with Crippen LogP contribution in [0.1, 0.15) is 59.3 Å². The third-order valence-corrected chi connectivity index (χ3v) is 6.63. The molecule has 0 aliphatic rings. The average molecular weight is 677 g/mol. The van der Waals surface area contributed by atoms with Crippen molar-refractivity contribution in [2.24, 2.45) is 23.7 Å². The average Bonchev–Trinajstić information content (AvgIpc) is 2.98. The van der Waals surface area contributed by atoms with Crippen LogP contribution in [0.5, 0.6) is 0 Å². The van der Waals surface area contributed by atoms with E-state index in [1.54, 1.807) is 6.92 Å². The zero-order chi connectivity index (χ0) is 35.0. The van der Waals surface area contributed by atoms with Crippen molar-refractivity contribution in [2.75, 3.05) is 39.6 Å². The van der Waals surface area contributed by atoms with Gasteiger partial charge in [0.15, 0.2) is 6.61 Å². The van der Waals surface area contributed by atoms with Crippen LogP contribution in [0.25, 0.3) is 0 Å². The Bertz CT molecular complexity index is 935. The monoisotopic (exact) mass is 676 g/mol. The van der Waals surface area contributed by atoms with Gasteiger partial charge in [0.25, 0.3) is 0 Å². The summed E-state index contributed by atoms with van der Waals surface area (Å²) in [6.45, 7) is -0.313. The topological polar surface area (TPSA) is 146 Å². The Hall–Kier alpha value is -2.76. The zero-order valence-electron chi connectivity index (χ0n) is 25.1. The van der Waals surface area contributed by atoms with E-state index in [1.165, 1.54) is 13.8 Å². The van der Waals surface area contributed by atoms with Gasteiger partial charge in [-0.25, -0.2) is 8.78 Å². The number of carbonyl (C=O) groups is 4. The van der Waals surface area contributed by atoms with Gasteiger partial charge in [-0.1, -0.05) is 27.2 Å². The molecule has 4 atom stereocenters. The maximum absolute atomic E-state index is 14.1. The van der Waals surface area contributed by atoms with Gasteiger partial charge in [-0.05, 0) is 32.1 Å². The van der Waals surface area contributed by atoms with E-state index in [0.717, 1.165) is 0 Å². The first kappa shape index (κ1) is 42.2. The fourth-order valence-corrected chi connectivity index (χ4v) is 3.96. The number of aliphatic hydroxyl groups is 2. The van der Waals surface area contributed by atoms with Gasteiger partial charge < -0.3 is 29.2 Å². The normalized spacial score (nSPS) is 15.2. The van der Waals surface area contributed by atoms with E-state index in [9.17, 15) is 54.3 Å². The summed E-state index contributed by atoms with van der Waals surface area (Å²) in [5.41, 5.74) is 0. The minimum Gasteiger partial charge on any atom is -0.465 e. The molecule has 0 aromatic heterocycles. The van der Waals surface area contributed by atoms with E-state index in [1.807, 2.05) is 0 Å². The van der Waals surface area contributed by atoms with Crippen LogP contribution >= 0.6 is 0 Å². The number of rotatable bonds is 23. The van der Waals surface area contributed by atoms with Gasteiger partial charge in [-0.2, -0.15) is 26.3 Å². The predicted molar refractivity (Wildman–Crippen MR) is 138 cm³/mol. The second-order valence-corrected chi connectivity index (χ2v) is 10.2. The highest BCUT2D eigenvalue weighted by molar-refractivity contribution is 5.79. The lowest BCUT2D eigenvalue weighted by Crippen LogP contribution is -2.59. The van der Waals surface area contributed by atoms with Gasteiger partial charge in [0.1, 0.15) is 13.2 Å². The van der Waals surface area contributed by atoms with E-state index in [0.29, 0.717) is 12.8 Å². The van der Waals surface area contributed by atoms with Crippen LogP contribution in [-0.2, 0) is 38.1 Å². The van der Waals surface area contributed by atoms with Gasteiger partial charge in [-0.3, -0.25) is 19.2 Å². The molecule has 18 heteroatoms. The first-order valence-corrected chi connectivity index (χ1v) is 14.1. The molecule has 0 spiro atoms. The van der Waals surface area contributed by atoms with Crippen molar-refractivity contribution in [1.82, 2.24) is 0 Å². The van der Waals surface area contributed by atoms with E-state index in [2.05, 4.69) is 4.74 Å². The van der Waals surface area contributed by atoms with Crippen molar-refractivity contribution in [1.29, 1.82) is 0 Å². The standard InChI is InChI=1S/C27H40F8O10/c1-4-6-9-42-22(40)18(12-16(3)20(38)43-10-7-36)14-19(13-17(5-2)21(39)44-11-8-37)23(41)45-15-25(30,31)27(34,35)26(32,33)24(28)29/h16-19,24,36-37H,4-15H2,1-3H3. The van der Waals surface area contributed by atoms with E-state index < -0.39 is 111 Å². The van der Waals surface area contributed by atoms with E-state index >= 15 is 0 Å². The maximum Gasteiger partial charge on any atom is 0.381 e. The molecule has 0 saturated heterocycles. The molecule has 10 nitrogen and oxygen atoms in total. The van der Waals surface area contributed by atoms with Gasteiger partial charge in [0.05, 0.1) is 43.5 Å². The lowest BCUT2D eigenvalue weighted by molar-refractivity contribution is -0.344. The van der Waals surface area contributed by atoms with Gasteiger partial charge >= 0.3 is 48.1 Å². The highest BCUT2D eigenvalue weighted by Crippen LogP contribution is 2.48. The van der Waals surface area contributed by atoms with E-state index in [-0.39, 0.29) is 26.1 Å². The van der Waals surface area contributed by atoms with Gasteiger partial charge in [0, 0.05) is 0 Å². The third kappa shape index (κ3) is 12.9. The number of alkyl halides is 8. The summed E-state index contributed by atoms with van der Waals surface area (Å²) in [4.78, 5) is 50.6. The SMILES string of the molecule is CCCCOC(=O)C(CC(C)C(=O)OCCO)CC(CC(CC)C(=O)OCCO)C(=O)OCC(F)(F)C(F)(F)C(F)(F)C(F)F. The molecule has 0 rings (SSSR count). The Balaban J connectivity index is 6.36. The van der Waals surface area contributed by atoms with Crippen molar-refractivity contribution in [2.45, 2.75) is 83.5 Å². The van der Waals surface area contributed by atoms with Crippen LogP contribution in [-0.4, -0.2) is 97.9 Å². The predicted octanol–water partition coefficient (Wildman–Crippen LogP) is 4.18. The molecule has 0 radical (unpaired) electrons. The second kappa shape index (κ2) is 19.7. The van der Waals surface area contributed by atoms with Crippen molar-refractivity contribution in [3.63, 3.8) is 0 Å². The number of halogens is 8. The summed E-state index contributed by atoms with van der Waals surface area (Å²) in [5.74, 6) is -29.2. The second-order valence-electron chi connectivity index (χ2n) is 10.2. The molecule has 264 valence electrons. The van der Waals surface area contributed by atoms with Gasteiger partial charge in [0.2, 0.25) is 0 Å². The molecule has 0 aliphatic heterocycles. The van der Waals surface area contributed by atoms with Crippen LogP contribution < -0.4 is 0 Å². The molecule has 4 unspecified atom stereocenters. The summed E-state index contributed by atoms with van der Waals surface area (Å²) in [6, 6.07) is 0. The largest absolute Gasteiger partial charge is 0.465 e. The Kier molecular flexibility index (Phi) is 18.5. The number of hydrogen-bond donors (Lipinski definition) is 2. The number of aliphatic hydroxyl groups excluding tert-OH is 2. The molecule has 0 amide bonds. The highest BCUT2D eigenvalue weighted by Gasteiger charge is 2.75.